The predicted molar refractivity (Wildman–Crippen MR) is 74.5 cm³/mol. The highest BCUT2D eigenvalue weighted by Crippen LogP contribution is 2.22. The highest BCUT2D eigenvalue weighted by atomic mass is 19.1. The molecule has 0 unspecified atom stereocenters. The molecule has 2 aromatic rings. The Bertz CT molecular complexity index is 573. The van der Waals surface area contributed by atoms with Gasteiger partial charge in [-0.15, -0.1) is 0 Å². The van der Waals surface area contributed by atoms with Crippen LogP contribution in [0.2, 0.25) is 0 Å². The van der Waals surface area contributed by atoms with Crippen LogP contribution in [-0.2, 0) is 6.54 Å². The lowest BCUT2D eigenvalue weighted by Crippen LogP contribution is -2.18. The molecule has 0 bridgehead atoms. The summed E-state index contributed by atoms with van der Waals surface area (Å²) < 4.78 is 26.4. The Labute approximate surface area is 117 Å². The van der Waals surface area contributed by atoms with Crippen LogP contribution in [0.15, 0.2) is 36.4 Å². The van der Waals surface area contributed by atoms with Gasteiger partial charge in [0.2, 0.25) is 0 Å². The van der Waals surface area contributed by atoms with Crippen LogP contribution in [0.25, 0.3) is 0 Å². The number of phenols is 1. The fourth-order valence-corrected chi connectivity index (χ4v) is 1.96. The van der Waals surface area contributed by atoms with Gasteiger partial charge in [0.15, 0.2) is 17.4 Å². The van der Waals surface area contributed by atoms with Crippen LogP contribution in [0.4, 0.5) is 8.78 Å². The van der Waals surface area contributed by atoms with Crippen LogP contribution in [0.1, 0.15) is 29.7 Å². The maximum atomic E-state index is 13.2. The van der Waals surface area contributed by atoms with Crippen molar-refractivity contribution in [3.05, 3.63) is 64.7 Å². The van der Waals surface area contributed by atoms with Crippen molar-refractivity contribution in [3.63, 3.8) is 0 Å². The SMILES string of the molecule is Cc1ccc([C@@H](C)NCc2cc(F)c(O)c(F)c2)cc1. The van der Waals surface area contributed by atoms with Crippen molar-refractivity contribution in [2.24, 2.45) is 0 Å². The van der Waals surface area contributed by atoms with Crippen LogP contribution < -0.4 is 5.32 Å². The van der Waals surface area contributed by atoms with E-state index in [0.29, 0.717) is 12.1 Å². The van der Waals surface area contributed by atoms with Gasteiger partial charge in [-0.1, -0.05) is 29.8 Å². The van der Waals surface area contributed by atoms with E-state index in [4.69, 9.17) is 5.11 Å². The molecule has 0 aliphatic rings. The number of hydrogen-bond donors (Lipinski definition) is 2. The van der Waals surface area contributed by atoms with Crippen LogP contribution >= 0.6 is 0 Å². The maximum absolute atomic E-state index is 13.2. The number of halogens is 2. The Balaban J connectivity index is 2.03. The molecule has 106 valence electrons. The van der Waals surface area contributed by atoms with E-state index < -0.39 is 17.4 Å². The number of aromatic hydroxyl groups is 1. The predicted octanol–water partition coefficient (Wildman–Crippen LogP) is 3.83. The Morgan fingerprint density at radius 3 is 2.20 bits per heavy atom. The minimum atomic E-state index is -0.940. The van der Waals surface area contributed by atoms with Crippen molar-refractivity contribution >= 4 is 0 Å². The van der Waals surface area contributed by atoms with Gasteiger partial charge >= 0.3 is 0 Å². The topological polar surface area (TPSA) is 32.3 Å². The molecule has 0 spiro atoms. The lowest BCUT2D eigenvalue weighted by molar-refractivity contribution is 0.394. The van der Waals surface area contributed by atoms with Crippen molar-refractivity contribution in [1.82, 2.24) is 5.32 Å². The number of hydrogen-bond acceptors (Lipinski definition) is 2. The Morgan fingerprint density at radius 2 is 1.65 bits per heavy atom. The van der Waals surface area contributed by atoms with Crippen LogP contribution in [-0.4, -0.2) is 5.11 Å². The monoisotopic (exact) mass is 277 g/mol. The average molecular weight is 277 g/mol. The van der Waals surface area contributed by atoms with E-state index in [1.807, 2.05) is 38.1 Å². The van der Waals surface area contributed by atoms with E-state index in [0.717, 1.165) is 17.7 Å². The molecular formula is C16H17F2NO. The normalized spacial score (nSPS) is 12.4. The second-order valence-electron chi connectivity index (χ2n) is 4.92. The molecule has 0 saturated carbocycles. The number of aryl methyl sites for hydroxylation is 1. The first kappa shape index (κ1) is 14.5. The van der Waals surface area contributed by atoms with Crippen molar-refractivity contribution in [2.45, 2.75) is 26.4 Å². The van der Waals surface area contributed by atoms with Gasteiger partial charge in [-0.25, -0.2) is 8.78 Å². The summed E-state index contributed by atoms with van der Waals surface area (Å²) in [6, 6.07) is 10.4. The summed E-state index contributed by atoms with van der Waals surface area (Å²) in [5.74, 6) is -2.81. The third-order valence-corrected chi connectivity index (χ3v) is 3.27. The molecule has 0 aliphatic heterocycles. The highest BCUT2D eigenvalue weighted by Gasteiger charge is 2.10. The molecule has 0 fully saturated rings. The zero-order valence-electron chi connectivity index (χ0n) is 11.5. The third kappa shape index (κ3) is 3.33. The molecule has 0 heterocycles. The van der Waals surface area contributed by atoms with Crippen LogP contribution in [0.5, 0.6) is 5.75 Å². The van der Waals surface area contributed by atoms with E-state index in [1.165, 1.54) is 5.56 Å². The van der Waals surface area contributed by atoms with Crippen LogP contribution in [0, 0.1) is 18.6 Å². The summed E-state index contributed by atoms with van der Waals surface area (Å²) >= 11 is 0. The lowest BCUT2D eigenvalue weighted by atomic mass is 10.1. The molecule has 0 aromatic heterocycles. The summed E-state index contributed by atoms with van der Waals surface area (Å²) in [7, 11) is 0. The summed E-state index contributed by atoms with van der Waals surface area (Å²) in [6.07, 6.45) is 0. The Hall–Kier alpha value is -1.94. The third-order valence-electron chi connectivity index (χ3n) is 3.27. The number of phenolic OH excluding ortho intramolecular Hbond substituents is 1. The van der Waals surface area contributed by atoms with Crippen molar-refractivity contribution in [3.8, 4) is 5.75 Å². The first-order valence-corrected chi connectivity index (χ1v) is 6.44. The summed E-state index contributed by atoms with van der Waals surface area (Å²) in [4.78, 5) is 0. The standard InChI is InChI=1S/C16H17F2NO/c1-10-3-5-13(6-4-10)11(2)19-9-12-7-14(17)16(20)15(18)8-12/h3-8,11,19-20H,9H2,1-2H3/t11-/m1/s1. The van der Waals surface area contributed by atoms with Gasteiger partial charge in [0.1, 0.15) is 0 Å². The minimum absolute atomic E-state index is 0.0653. The van der Waals surface area contributed by atoms with Gasteiger partial charge in [0.25, 0.3) is 0 Å². The van der Waals surface area contributed by atoms with Crippen LogP contribution in [0.3, 0.4) is 0 Å². The molecule has 2 rings (SSSR count). The molecule has 4 heteroatoms. The molecule has 20 heavy (non-hydrogen) atoms. The lowest BCUT2D eigenvalue weighted by Gasteiger charge is -2.15. The average Bonchev–Trinajstić information content (AvgIpc) is 2.42. The fourth-order valence-electron chi connectivity index (χ4n) is 1.96. The van der Waals surface area contributed by atoms with E-state index >= 15 is 0 Å². The Morgan fingerprint density at radius 1 is 1.10 bits per heavy atom. The molecule has 0 radical (unpaired) electrons. The molecule has 1 atom stereocenters. The number of rotatable bonds is 4. The smallest absolute Gasteiger partial charge is 0.187 e. The quantitative estimate of drug-likeness (QED) is 0.890. The van der Waals surface area contributed by atoms with Crippen molar-refractivity contribution in [2.75, 3.05) is 0 Å². The van der Waals surface area contributed by atoms with Crippen molar-refractivity contribution in [1.29, 1.82) is 0 Å². The largest absolute Gasteiger partial charge is 0.503 e. The molecule has 2 nitrogen and oxygen atoms in total. The molecule has 2 N–H and O–H groups in total. The fraction of sp³-hybridized carbons (Fsp3) is 0.250. The van der Waals surface area contributed by atoms with Gasteiger partial charge < -0.3 is 10.4 Å². The summed E-state index contributed by atoms with van der Waals surface area (Å²) in [5.41, 5.74) is 2.75. The second kappa shape index (κ2) is 6.01. The molecule has 0 amide bonds. The van der Waals surface area contributed by atoms with E-state index in [1.54, 1.807) is 0 Å². The zero-order valence-corrected chi connectivity index (χ0v) is 11.5. The van der Waals surface area contributed by atoms with Gasteiger partial charge in [-0.2, -0.15) is 0 Å². The highest BCUT2D eigenvalue weighted by molar-refractivity contribution is 5.30. The molecule has 0 aliphatic carbocycles. The number of nitrogens with one attached hydrogen (secondary N) is 1. The maximum Gasteiger partial charge on any atom is 0.187 e. The zero-order chi connectivity index (χ0) is 14.7. The van der Waals surface area contributed by atoms with Crippen molar-refractivity contribution < 1.29 is 13.9 Å². The van der Waals surface area contributed by atoms with E-state index in [9.17, 15) is 8.78 Å². The first-order valence-electron chi connectivity index (χ1n) is 6.44. The van der Waals surface area contributed by atoms with Gasteiger partial charge in [-0.3, -0.25) is 0 Å². The van der Waals surface area contributed by atoms with E-state index in [-0.39, 0.29) is 6.04 Å². The molecular weight excluding hydrogens is 260 g/mol. The number of benzene rings is 2. The van der Waals surface area contributed by atoms with Gasteiger partial charge in [0.05, 0.1) is 0 Å². The van der Waals surface area contributed by atoms with Gasteiger partial charge in [-0.05, 0) is 37.1 Å². The minimum Gasteiger partial charge on any atom is -0.503 e. The van der Waals surface area contributed by atoms with Gasteiger partial charge in [0, 0.05) is 12.6 Å². The summed E-state index contributed by atoms with van der Waals surface area (Å²) in [5, 5.41) is 12.2. The summed E-state index contributed by atoms with van der Waals surface area (Å²) in [6.45, 7) is 4.32. The van der Waals surface area contributed by atoms with E-state index in [2.05, 4.69) is 5.32 Å². The molecule has 0 saturated heterocycles. The second-order valence-corrected chi connectivity index (χ2v) is 4.92. The first-order chi connectivity index (χ1) is 9.47. The Kier molecular flexibility index (Phi) is 4.35. The molecule has 2 aromatic carbocycles.